The van der Waals surface area contributed by atoms with Gasteiger partial charge in [0.05, 0.1) is 4.88 Å². The quantitative estimate of drug-likeness (QED) is 0.823. The van der Waals surface area contributed by atoms with Crippen molar-refractivity contribution in [2.75, 3.05) is 18.4 Å². The number of rotatable bonds is 5. The van der Waals surface area contributed by atoms with Gasteiger partial charge in [-0.2, -0.15) is 0 Å². The zero-order chi connectivity index (χ0) is 18.1. The smallest absolute Gasteiger partial charge is 0.263 e. The van der Waals surface area contributed by atoms with Crippen molar-refractivity contribution in [3.8, 4) is 0 Å². The summed E-state index contributed by atoms with van der Waals surface area (Å²) >= 11 is 3.01. The molecule has 2 aromatic rings. The molecule has 138 valence electrons. The van der Waals surface area contributed by atoms with Crippen LogP contribution in [0.4, 0.5) is 5.13 Å². The molecule has 0 radical (unpaired) electrons. The lowest BCUT2D eigenvalue weighted by molar-refractivity contribution is -0.127. The molecule has 2 amide bonds. The zero-order valence-corrected chi connectivity index (χ0v) is 16.3. The molecule has 2 aromatic heterocycles. The van der Waals surface area contributed by atoms with Crippen LogP contribution < -0.4 is 10.6 Å². The number of amides is 2. The molecule has 0 atom stereocenters. The normalized spacial score (nSPS) is 19.2. The molecule has 1 saturated carbocycles. The van der Waals surface area contributed by atoms with Crippen LogP contribution in [0.2, 0.25) is 0 Å². The molecule has 8 heteroatoms. The van der Waals surface area contributed by atoms with E-state index in [1.54, 1.807) is 6.20 Å². The van der Waals surface area contributed by atoms with E-state index < -0.39 is 5.54 Å². The average Bonchev–Trinajstić information content (AvgIpc) is 3.11. The Morgan fingerprint density at radius 2 is 2.04 bits per heavy atom. The molecule has 6 nitrogen and oxygen atoms in total. The van der Waals surface area contributed by atoms with Gasteiger partial charge in [0.25, 0.3) is 5.91 Å². The van der Waals surface area contributed by atoms with Crippen LogP contribution in [0.15, 0.2) is 23.7 Å². The fraction of sp³-hybridized carbons (Fsp3) is 0.500. The molecule has 26 heavy (non-hydrogen) atoms. The highest BCUT2D eigenvalue weighted by Gasteiger charge is 2.44. The number of thiophene rings is 1. The number of nitrogens with zero attached hydrogens (tertiary/aromatic N) is 2. The maximum absolute atomic E-state index is 12.9. The Kier molecular flexibility index (Phi) is 4.71. The minimum atomic E-state index is -0.692. The summed E-state index contributed by atoms with van der Waals surface area (Å²) in [5, 5.41) is 9.15. The number of anilines is 1. The number of carbonyl (C=O) groups is 2. The third kappa shape index (κ3) is 3.61. The van der Waals surface area contributed by atoms with Crippen LogP contribution in [0.1, 0.15) is 40.2 Å². The number of carbonyl (C=O) groups excluding carboxylic acids is 2. The maximum Gasteiger partial charge on any atom is 0.263 e. The van der Waals surface area contributed by atoms with E-state index in [1.807, 2.05) is 29.3 Å². The fourth-order valence-corrected chi connectivity index (χ4v) is 4.71. The van der Waals surface area contributed by atoms with Gasteiger partial charge in [0.1, 0.15) is 5.54 Å². The van der Waals surface area contributed by atoms with E-state index in [-0.39, 0.29) is 11.8 Å². The van der Waals surface area contributed by atoms with Crippen LogP contribution in [-0.4, -0.2) is 46.4 Å². The molecule has 3 heterocycles. The highest BCUT2D eigenvalue weighted by molar-refractivity contribution is 7.14. The number of piperidine rings is 1. The summed E-state index contributed by atoms with van der Waals surface area (Å²) in [6.07, 6.45) is 5.02. The Hall–Kier alpha value is -1.93. The Balaban J connectivity index is 1.47. The lowest BCUT2D eigenvalue weighted by atomic mass is 9.86. The molecule has 0 bridgehead atoms. The van der Waals surface area contributed by atoms with E-state index >= 15 is 0 Å². The number of aryl methyl sites for hydroxylation is 1. The van der Waals surface area contributed by atoms with Gasteiger partial charge in [-0.05, 0) is 44.7 Å². The predicted molar refractivity (Wildman–Crippen MR) is 104 cm³/mol. The van der Waals surface area contributed by atoms with Gasteiger partial charge in [-0.15, -0.1) is 22.7 Å². The maximum atomic E-state index is 12.9. The largest absolute Gasteiger partial charge is 0.351 e. The first-order valence-electron chi connectivity index (χ1n) is 8.90. The highest BCUT2D eigenvalue weighted by atomic mass is 32.1. The second-order valence-corrected chi connectivity index (χ2v) is 9.18. The predicted octanol–water partition coefficient (Wildman–Crippen LogP) is 2.88. The van der Waals surface area contributed by atoms with E-state index in [1.165, 1.54) is 22.7 Å². The summed E-state index contributed by atoms with van der Waals surface area (Å²) in [7, 11) is 0. The Bertz CT molecular complexity index is 790. The molecular formula is C18H22N4O2S2. The SMILES string of the molecule is Cc1ccc(C(=O)N2CCC(Nc3nccs3)(C(=O)NC3CC3)CC2)s1. The van der Waals surface area contributed by atoms with E-state index in [4.69, 9.17) is 0 Å². The van der Waals surface area contributed by atoms with Crippen molar-refractivity contribution >= 4 is 39.6 Å². The van der Waals surface area contributed by atoms with E-state index in [0.29, 0.717) is 32.0 Å². The number of likely N-dealkylation sites (tertiary alicyclic amines) is 1. The van der Waals surface area contributed by atoms with E-state index in [0.717, 1.165) is 27.7 Å². The first kappa shape index (κ1) is 17.5. The van der Waals surface area contributed by atoms with Crippen molar-refractivity contribution in [1.29, 1.82) is 0 Å². The molecule has 0 unspecified atom stereocenters. The summed E-state index contributed by atoms with van der Waals surface area (Å²) < 4.78 is 0. The van der Waals surface area contributed by atoms with Crippen molar-refractivity contribution in [3.63, 3.8) is 0 Å². The molecular weight excluding hydrogens is 368 g/mol. The van der Waals surface area contributed by atoms with Gasteiger partial charge in [0.15, 0.2) is 5.13 Å². The molecule has 2 aliphatic rings. The van der Waals surface area contributed by atoms with Crippen molar-refractivity contribution in [2.45, 2.75) is 44.2 Å². The summed E-state index contributed by atoms with van der Waals surface area (Å²) in [6, 6.07) is 4.17. The first-order valence-corrected chi connectivity index (χ1v) is 10.6. The molecule has 2 N–H and O–H groups in total. The number of nitrogens with one attached hydrogen (secondary N) is 2. The van der Waals surface area contributed by atoms with Gasteiger partial charge in [0.2, 0.25) is 5.91 Å². The summed E-state index contributed by atoms with van der Waals surface area (Å²) in [6.45, 7) is 3.13. The second kappa shape index (κ2) is 7.00. The molecule has 0 aromatic carbocycles. The van der Waals surface area contributed by atoms with Gasteiger partial charge in [-0.1, -0.05) is 0 Å². The Morgan fingerprint density at radius 3 is 2.62 bits per heavy atom. The Morgan fingerprint density at radius 1 is 1.27 bits per heavy atom. The van der Waals surface area contributed by atoms with Crippen molar-refractivity contribution in [2.24, 2.45) is 0 Å². The summed E-state index contributed by atoms with van der Waals surface area (Å²) in [5.41, 5.74) is -0.692. The van der Waals surface area contributed by atoms with E-state index in [9.17, 15) is 9.59 Å². The fourth-order valence-electron chi connectivity index (χ4n) is 3.25. The summed E-state index contributed by atoms with van der Waals surface area (Å²) in [4.78, 5) is 33.7. The lowest BCUT2D eigenvalue weighted by Crippen LogP contribution is -2.59. The van der Waals surface area contributed by atoms with Gasteiger partial charge in [0, 0.05) is 35.6 Å². The van der Waals surface area contributed by atoms with Crippen LogP contribution in [0, 0.1) is 6.92 Å². The summed E-state index contributed by atoms with van der Waals surface area (Å²) in [5.74, 6) is 0.0998. The van der Waals surface area contributed by atoms with Gasteiger partial charge in [-0.25, -0.2) is 4.98 Å². The minimum Gasteiger partial charge on any atom is -0.351 e. The molecule has 2 fully saturated rings. The first-order chi connectivity index (χ1) is 12.6. The van der Waals surface area contributed by atoms with Gasteiger partial charge in [-0.3, -0.25) is 9.59 Å². The molecule has 1 aliphatic heterocycles. The monoisotopic (exact) mass is 390 g/mol. The topological polar surface area (TPSA) is 74.3 Å². The van der Waals surface area contributed by atoms with E-state index in [2.05, 4.69) is 15.6 Å². The molecule has 0 spiro atoms. The average molecular weight is 391 g/mol. The van der Waals surface area contributed by atoms with Gasteiger partial charge >= 0.3 is 0 Å². The van der Waals surface area contributed by atoms with Crippen molar-refractivity contribution < 1.29 is 9.59 Å². The highest BCUT2D eigenvalue weighted by Crippen LogP contribution is 2.31. The molecule has 1 saturated heterocycles. The standard InChI is InChI=1S/C18H22N4O2S2/c1-12-2-5-14(26-12)15(23)22-9-6-18(7-10-22,16(24)20-13-3-4-13)21-17-19-8-11-25-17/h2,5,8,11,13H,3-4,6-7,9-10H2,1H3,(H,19,21)(H,20,24). The zero-order valence-electron chi connectivity index (χ0n) is 14.7. The lowest BCUT2D eigenvalue weighted by Gasteiger charge is -2.41. The van der Waals surface area contributed by atoms with Crippen molar-refractivity contribution in [1.82, 2.24) is 15.2 Å². The molecule has 1 aliphatic carbocycles. The van der Waals surface area contributed by atoms with Crippen LogP contribution >= 0.6 is 22.7 Å². The number of hydrogen-bond donors (Lipinski definition) is 2. The Labute approximate surface area is 160 Å². The second-order valence-electron chi connectivity index (χ2n) is 6.99. The third-order valence-corrected chi connectivity index (χ3v) is 6.66. The third-order valence-electron chi connectivity index (χ3n) is 4.98. The van der Waals surface area contributed by atoms with Crippen LogP contribution in [0.25, 0.3) is 0 Å². The number of hydrogen-bond acceptors (Lipinski definition) is 6. The van der Waals surface area contributed by atoms with Gasteiger partial charge < -0.3 is 15.5 Å². The van der Waals surface area contributed by atoms with Crippen LogP contribution in [-0.2, 0) is 4.79 Å². The minimum absolute atomic E-state index is 0.0364. The number of aromatic nitrogens is 1. The molecule has 4 rings (SSSR count). The van der Waals surface area contributed by atoms with Crippen LogP contribution in [0.3, 0.4) is 0 Å². The number of thiazole rings is 1. The van der Waals surface area contributed by atoms with Crippen LogP contribution in [0.5, 0.6) is 0 Å². The van der Waals surface area contributed by atoms with Crippen molar-refractivity contribution in [3.05, 3.63) is 33.5 Å².